The lowest BCUT2D eigenvalue weighted by Crippen LogP contribution is -2.09. The molecule has 3 aromatic rings. The van der Waals surface area contributed by atoms with E-state index in [9.17, 15) is 4.79 Å². The van der Waals surface area contributed by atoms with E-state index in [2.05, 4.69) is 27.1 Å². The van der Waals surface area contributed by atoms with Crippen LogP contribution in [0.15, 0.2) is 52.4 Å². The SMILES string of the molecule is CSc1cc2c(=O)[nH]cnc2nc1Cc1ccccc1. The Morgan fingerprint density at radius 3 is 2.80 bits per heavy atom. The van der Waals surface area contributed by atoms with Crippen LogP contribution < -0.4 is 5.56 Å². The normalized spacial score (nSPS) is 10.8. The second kappa shape index (κ2) is 5.46. The molecule has 0 aliphatic rings. The van der Waals surface area contributed by atoms with Gasteiger partial charge in [-0.3, -0.25) is 4.79 Å². The van der Waals surface area contributed by atoms with Crippen molar-refractivity contribution in [2.24, 2.45) is 0 Å². The van der Waals surface area contributed by atoms with E-state index < -0.39 is 0 Å². The highest BCUT2D eigenvalue weighted by Gasteiger charge is 2.09. The first-order chi connectivity index (χ1) is 9.78. The van der Waals surface area contributed by atoms with Crippen molar-refractivity contribution in [3.05, 3.63) is 64.3 Å². The van der Waals surface area contributed by atoms with Gasteiger partial charge in [-0.15, -0.1) is 11.8 Å². The highest BCUT2D eigenvalue weighted by atomic mass is 32.2. The van der Waals surface area contributed by atoms with Crippen molar-refractivity contribution in [1.82, 2.24) is 15.0 Å². The monoisotopic (exact) mass is 283 g/mol. The molecule has 4 nitrogen and oxygen atoms in total. The number of pyridine rings is 1. The molecule has 1 aromatic carbocycles. The average Bonchev–Trinajstić information content (AvgIpc) is 2.48. The standard InChI is InChI=1S/C15H13N3OS/c1-20-13-8-11-14(16-9-17-15(11)19)18-12(13)7-10-5-3-2-4-6-10/h2-6,8-9H,7H2,1H3,(H,16,17,18,19). The van der Waals surface area contributed by atoms with E-state index in [1.807, 2.05) is 30.5 Å². The van der Waals surface area contributed by atoms with E-state index in [1.54, 1.807) is 11.8 Å². The van der Waals surface area contributed by atoms with Crippen molar-refractivity contribution < 1.29 is 0 Å². The number of aromatic nitrogens is 3. The number of H-pyrrole nitrogens is 1. The van der Waals surface area contributed by atoms with Gasteiger partial charge in [0.15, 0.2) is 5.65 Å². The van der Waals surface area contributed by atoms with Gasteiger partial charge in [-0.05, 0) is 17.9 Å². The van der Waals surface area contributed by atoms with Crippen LogP contribution in [0.25, 0.3) is 11.0 Å². The molecule has 1 N–H and O–H groups in total. The molecule has 0 bridgehead atoms. The third-order valence-electron chi connectivity index (χ3n) is 3.10. The van der Waals surface area contributed by atoms with Crippen LogP contribution in [-0.2, 0) is 6.42 Å². The van der Waals surface area contributed by atoms with Gasteiger partial charge < -0.3 is 4.98 Å². The summed E-state index contributed by atoms with van der Waals surface area (Å²) in [7, 11) is 0. The minimum atomic E-state index is -0.149. The third-order valence-corrected chi connectivity index (χ3v) is 3.90. The van der Waals surface area contributed by atoms with Crippen molar-refractivity contribution in [3.8, 4) is 0 Å². The Kier molecular flexibility index (Phi) is 3.52. The molecule has 0 atom stereocenters. The molecular weight excluding hydrogens is 270 g/mol. The zero-order valence-corrected chi connectivity index (χ0v) is 11.8. The van der Waals surface area contributed by atoms with Crippen LogP contribution >= 0.6 is 11.8 Å². The van der Waals surface area contributed by atoms with Crippen molar-refractivity contribution in [2.75, 3.05) is 6.26 Å². The first-order valence-electron chi connectivity index (χ1n) is 6.23. The van der Waals surface area contributed by atoms with Gasteiger partial charge in [0, 0.05) is 11.3 Å². The fraction of sp³-hybridized carbons (Fsp3) is 0.133. The van der Waals surface area contributed by atoms with E-state index in [0.29, 0.717) is 11.0 Å². The lowest BCUT2D eigenvalue weighted by atomic mass is 10.1. The number of hydrogen-bond donors (Lipinski definition) is 1. The summed E-state index contributed by atoms with van der Waals surface area (Å²) in [5, 5.41) is 0.536. The largest absolute Gasteiger partial charge is 0.313 e. The van der Waals surface area contributed by atoms with Gasteiger partial charge in [-0.25, -0.2) is 9.97 Å². The van der Waals surface area contributed by atoms with Crippen LogP contribution in [0.1, 0.15) is 11.3 Å². The van der Waals surface area contributed by atoms with E-state index >= 15 is 0 Å². The molecule has 0 amide bonds. The summed E-state index contributed by atoms with van der Waals surface area (Å²) >= 11 is 1.60. The van der Waals surface area contributed by atoms with Crippen molar-refractivity contribution >= 4 is 22.8 Å². The van der Waals surface area contributed by atoms with E-state index in [1.165, 1.54) is 11.9 Å². The predicted octanol–water partition coefficient (Wildman–Crippen LogP) is 2.63. The van der Waals surface area contributed by atoms with Crippen LogP contribution in [0.3, 0.4) is 0 Å². The smallest absolute Gasteiger partial charge is 0.260 e. The zero-order valence-electron chi connectivity index (χ0n) is 11.0. The minimum absolute atomic E-state index is 0.149. The Morgan fingerprint density at radius 2 is 2.05 bits per heavy atom. The van der Waals surface area contributed by atoms with Gasteiger partial charge in [0.1, 0.15) is 0 Å². The highest BCUT2D eigenvalue weighted by Crippen LogP contribution is 2.23. The Balaban J connectivity index is 2.12. The summed E-state index contributed by atoms with van der Waals surface area (Å²) in [6.45, 7) is 0. The van der Waals surface area contributed by atoms with E-state index in [0.717, 1.165) is 17.0 Å². The van der Waals surface area contributed by atoms with Crippen molar-refractivity contribution in [3.63, 3.8) is 0 Å². The first kappa shape index (κ1) is 12.9. The number of aromatic amines is 1. The molecule has 2 aromatic heterocycles. The maximum absolute atomic E-state index is 11.8. The van der Waals surface area contributed by atoms with Gasteiger partial charge in [-0.1, -0.05) is 30.3 Å². The number of fused-ring (bicyclic) bond motifs is 1. The van der Waals surface area contributed by atoms with Crippen molar-refractivity contribution in [2.45, 2.75) is 11.3 Å². The number of rotatable bonds is 3. The minimum Gasteiger partial charge on any atom is -0.313 e. The van der Waals surface area contributed by atoms with E-state index in [4.69, 9.17) is 0 Å². The predicted molar refractivity (Wildman–Crippen MR) is 81.2 cm³/mol. The molecule has 0 saturated heterocycles. The highest BCUT2D eigenvalue weighted by molar-refractivity contribution is 7.98. The second-order valence-corrected chi connectivity index (χ2v) is 5.25. The van der Waals surface area contributed by atoms with Gasteiger partial charge in [0.25, 0.3) is 5.56 Å². The Morgan fingerprint density at radius 1 is 1.25 bits per heavy atom. The zero-order chi connectivity index (χ0) is 13.9. The Labute approximate surface area is 120 Å². The summed E-state index contributed by atoms with van der Waals surface area (Å²) < 4.78 is 0. The maximum atomic E-state index is 11.8. The molecule has 0 spiro atoms. The first-order valence-corrected chi connectivity index (χ1v) is 7.45. The molecule has 5 heteroatoms. The Bertz CT molecular complexity index is 799. The van der Waals surface area contributed by atoms with Crippen LogP contribution in [0.4, 0.5) is 0 Å². The fourth-order valence-electron chi connectivity index (χ4n) is 2.11. The van der Waals surface area contributed by atoms with Crippen molar-refractivity contribution in [1.29, 1.82) is 0 Å². The van der Waals surface area contributed by atoms with Gasteiger partial charge in [-0.2, -0.15) is 0 Å². The molecular formula is C15H13N3OS. The number of nitrogens with one attached hydrogen (secondary N) is 1. The van der Waals surface area contributed by atoms with Gasteiger partial charge in [0.2, 0.25) is 0 Å². The second-order valence-electron chi connectivity index (χ2n) is 4.40. The molecule has 0 aliphatic carbocycles. The molecule has 0 radical (unpaired) electrons. The number of hydrogen-bond acceptors (Lipinski definition) is 4. The number of thioether (sulfide) groups is 1. The summed E-state index contributed by atoms with van der Waals surface area (Å²) in [5.41, 5.74) is 2.50. The summed E-state index contributed by atoms with van der Waals surface area (Å²) in [4.78, 5) is 24.1. The molecule has 20 heavy (non-hydrogen) atoms. The number of nitrogens with zero attached hydrogens (tertiary/aromatic N) is 2. The van der Waals surface area contributed by atoms with E-state index in [-0.39, 0.29) is 5.56 Å². The van der Waals surface area contributed by atoms with Crippen LogP contribution in [0.2, 0.25) is 0 Å². The molecule has 2 heterocycles. The third kappa shape index (κ3) is 2.44. The molecule has 0 saturated carbocycles. The maximum Gasteiger partial charge on any atom is 0.260 e. The molecule has 3 rings (SSSR count). The quantitative estimate of drug-likeness (QED) is 0.751. The van der Waals surface area contributed by atoms with Crippen LogP contribution in [0.5, 0.6) is 0 Å². The van der Waals surface area contributed by atoms with Crippen LogP contribution in [-0.4, -0.2) is 21.2 Å². The van der Waals surface area contributed by atoms with Crippen LogP contribution in [0, 0.1) is 0 Å². The molecule has 0 aliphatic heterocycles. The molecule has 0 fully saturated rings. The van der Waals surface area contributed by atoms with Gasteiger partial charge >= 0.3 is 0 Å². The number of benzene rings is 1. The molecule has 0 unspecified atom stereocenters. The summed E-state index contributed by atoms with van der Waals surface area (Å²) in [6, 6.07) is 12.0. The lowest BCUT2D eigenvalue weighted by Gasteiger charge is -2.08. The topological polar surface area (TPSA) is 58.6 Å². The molecule has 100 valence electrons. The summed E-state index contributed by atoms with van der Waals surface area (Å²) in [5.74, 6) is 0. The fourth-order valence-corrected chi connectivity index (χ4v) is 2.70. The summed E-state index contributed by atoms with van der Waals surface area (Å²) in [6.07, 6.45) is 4.12. The average molecular weight is 283 g/mol. The Hall–Kier alpha value is -2.14. The van der Waals surface area contributed by atoms with Gasteiger partial charge in [0.05, 0.1) is 17.4 Å². The lowest BCUT2D eigenvalue weighted by molar-refractivity contribution is 1.01.